The lowest BCUT2D eigenvalue weighted by Gasteiger charge is -2.10. The third-order valence-electron chi connectivity index (χ3n) is 3.38. The lowest BCUT2D eigenvalue weighted by molar-refractivity contribution is -0.123. The Hall–Kier alpha value is -2.56. The minimum Gasteiger partial charge on any atom is -0.484 e. The number of carbonyl (C=O) groups is 1. The van der Waals surface area contributed by atoms with E-state index in [0.29, 0.717) is 11.7 Å². The van der Waals surface area contributed by atoms with E-state index in [1.54, 1.807) is 6.07 Å². The minimum atomic E-state index is -0.314. The molecule has 0 saturated heterocycles. The van der Waals surface area contributed by atoms with Crippen molar-refractivity contribution in [2.24, 2.45) is 5.10 Å². The van der Waals surface area contributed by atoms with E-state index in [1.807, 2.05) is 24.3 Å². The number of amides is 1. The molecule has 0 aliphatic carbocycles. The van der Waals surface area contributed by atoms with Crippen molar-refractivity contribution in [3.63, 3.8) is 0 Å². The van der Waals surface area contributed by atoms with Crippen LogP contribution in [0.5, 0.6) is 5.75 Å². The van der Waals surface area contributed by atoms with E-state index in [-0.39, 0.29) is 12.5 Å². The molecule has 2 aromatic rings. The summed E-state index contributed by atoms with van der Waals surface area (Å²) in [6.45, 7) is 4.26. The number of nitrogens with zero attached hydrogens (tertiary/aromatic N) is 1. The third-order valence-corrected chi connectivity index (χ3v) is 3.38. The molecule has 1 aromatic heterocycles. The Morgan fingerprint density at radius 2 is 2.14 bits per heavy atom. The van der Waals surface area contributed by atoms with Gasteiger partial charge in [0.25, 0.3) is 5.91 Å². The van der Waals surface area contributed by atoms with Crippen LogP contribution in [0.4, 0.5) is 0 Å². The molecule has 5 nitrogen and oxygen atoms in total. The number of ether oxygens (including phenoxy) is 1. The quantitative estimate of drug-likeness (QED) is 0.630. The first-order valence-corrected chi connectivity index (χ1v) is 7.26. The molecule has 0 radical (unpaired) electrons. The fraction of sp³-hybridized carbons (Fsp3) is 0.294. The van der Waals surface area contributed by atoms with Crippen molar-refractivity contribution in [2.45, 2.75) is 26.2 Å². The predicted molar refractivity (Wildman–Crippen MR) is 85.1 cm³/mol. The molecule has 0 saturated carbocycles. The molecule has 0 bridgehead atoms. The summed E-state index contributed by atoms with van der Waals surface area (Å²) in [7, 11) is 0. The molecule has 0 fully saturated rings. The molecule has 1 heterocycles. The van der Waals surface area contributed by atoms with Gasteiger partial charge in [-0.15, -0.1) is 0 Å². The summed E-state index contributed by atoms with van der Waals surface area (Å²) in [5.41, 5.74) is 4.44. The van der Waals surface area contributed by atoms with Crippen LogP contribution in [0.25, 0.3) is 0 Å². The zero-order chi connectivity index (χ0) is 15.8. The maximum Gasteiger partial charge on any atom is 0.277 e. The van der Waals surface area contributed by atoms with Crippen molar-refractivity contribution < 1.29 is 13.9 Å². The first kappa shape index (κ1) is 15.8. The van der Waals surface area contributed by atoms with Crippen molar-refractivity contribution in [2.75, 3.05) is 6.61 Å². The average Bonchev–Trinajstić information content (AvgIpc) is 3.06. The summed E-state index contributed by atoms with van der Waals surface area (Å²) in [6, 6.07) is 9.55. The van der Waals surface area contributed by atoms with Crippen molar-refractivity contribution in [3.8, 4) is 5.75 Å². The second-order valence-electron chi connectivity index (χ2n) is 5.02. The van der Waals surface area contributed by atoms with E-state index in [1.165, 1.54) is 24.3 Å². The van der Waals surface area contributed by atoms with Gasteiger partial charge in [0.1, 0.15) is 5.75 Å². The largest absolute Gasteiger partial charge is 0.484 e. The average molecular weight is 300 g/mol. The summed E-state index contributed by atoms with van der Waals surface area (Å²) < 4.78 is 10.3. The van der Waals surface area contributed by atoms with Crippen molar-refractivity contribution in [1.82, 2.24) is 5.43 Å². The molecule has 0 spiro atoms. The summed E-state index contributed by atoms with van der Waals surface area (Å²) in [5, 5.41) is 3.81. The Bertz CT molecular complexity index is 603. The van der Waals surface area contributed by atoms with Crippen molar-refractivity contribution >= 4 is 12.1 Å². The third kappa shape index (κ3) is 4.77. The zero-order valence-corrected chi connectivity index (χ0v) is 12.8. The number of nitrogens with one attached hydrogen (secondary N) is 1. The maximum atomic E-state index is 11.6. The van der Waals surface area contributed by atoms with Crippen LogP contribution in [0.2, 0.25) is 0 Å². The fourth-order valence-corrected chi connectivity index (χ4v) is 1.84. The van der Waals surface area contributed by atoms with Gasteiger partial charge in [-0.05, 0) is 36.1 Å². The molecule has 1 N–H and O–H groups in total. The lowest BCUT2D eigenvalue weighted by atomic mass is 9.99. The smallest absolute Gasteiger partial charge is 0.277 e. The van der Waals surface area contributed by atoms with Crippen LogP contribution in [-0.4, -0.2) is 18.7 Å². The SMILES string of the molecule is CCC(C)c1ccc(OCC(=O)NN=Cc2ccoc2)cc1. The van der Waals surface area contributed by atoms with Gasteiger partial charge >= 0.3 is 0 Å². The number of furan rings is 1. The molecule has 0 aliphatic rings. The van der Waals surface area contributed by atoms with Gasteiger partial charge in [0.2, 0.25) is 0 Å². The lowest BCUT2D eigenvalue weighted by Crippen LogP contribution is -2.24. The van der Waals surface area contributed by atoms with Crippen LogP contribution in [0.1, 0.15) is 37.3 Å². The molecule has 0 aliphatic heterocycles. The molecule has 1 amide bonds. The van der Waals surface area contributed by atoms with Gasteiger partial charge in [0.15, 0.2) is 6.61 Å². The van der Waals surface area contributed by atoms with E-state index in [9.17, 15) is 4.79 Å². The second kappa shape index (κ2) is 8.02. The minimum absolute atomic E-state index is 0.0780. The molecule has 1 atom stereocenters. The summed E-state index contributed by atoms with van der Waals surface area (Å²) in [4.78, 5) is 11.6. The van der Waals surface area contributed by atoms with Crippen LogP contribution in [0.15, 0.2) is 52.4 Å². The van der Waals surface area contributed by atoms with Gasteiger partial charge in [-0.25, -0.2) is 5.43 Å². The monoisotopic (exact) mass is 300 g/mol. The highest BCUT2D eigenvalue weighted by molar-refractivity contribution is 5.82. The van der Waals surface area contributed by atoms with Crippen LogP contribution >= 0.6 is 0 Å². The normalized spacial score (nSPS) is 12.3. The van der Waals surface area contributed by atoms with Crippen LogP contribution < -0.4 is 10.2 Å². The Balaban J connectivity index is 1.76. The van der Waals surface area contributed by atoms with Crippen molar-refractivity contribution in [1.29, 1.82) is 0 Å². The standard InChI is InChI=1S/C17H20N2O3/c1-3-13(2)15-4-6-16(7-5-15)22-12-17(20)19-18-10-14-8-9-21-11-14/h4-11,13H,3,12H2,1-2H3,(H,19,20). The van der Waals surface area contributed by atoms with Gasteiger partial charge in [-0.3, -0.25) is 4.79 Å². The molecular formula is C17H20N2O3. The number of hydrogen-bond acceptors (Lipinski definition) is 4. The van der Waals surface area contributed by atoms with Gasteiger partial charge in [-0.2, -0.15) is 5.10 Å². The Kier molecular flexibility index (Phi) is 5.77. The molecular weight excluding hydrogens is 280 g/mol. The Morgan fingerprint density at radius 3 is 2.77 bits per heavy atom. The van der Waals surface area contributed by atoms with Gasteiger partial charge in [0, 0.05) is 5.56 Å². The zero-order valence-electron chi connectivity index (χ0n) is 12.8. The van der Waals surface area contributed by atoms with Crippen LogP contribution in [0, 0.1) is 0 Å². The van der Waals surface area contributed by atoms with E-state index in [0.717, 1.165) is 12.0 Å². The van der Waals surface area contributed by atoms with Gasteiger partial charge in [0.05, 0.1) is 18.7 Å². The molecule has 116 valence electrons. The summed E-state index contributed by atoms with van der Waals surface area (Å²) in [6.07, 6.45) is 5.67. The number of rotatable bonds is 7. The number of hydrogen-bond donors (Lipinski definition) is 1. The highest BCUT2D eigenvalue weighted by atomic mass is 16.5. The summed E-state index contributed by atoms with van der Waals surface area (Å²) >= 11 is 0. The van der Waals surface area contributed by atoms with E-state index >= 15 is 0 Å². The molecule has 5 heteroatoms. The maximum absolute atomic E-state index is 11.6. The van der Waals surface area contributed by atoms with E-state index < -0.39 is 0 Å². The number of hydrazone groups is 1. The van der Waals surface area contributed by atoms with Crippen LogP contribution in [-0.2, 0) is 4.79 Å². The van der Waals surface area contributed by atoms with Crippen molar-refractivity contribution in [3.05, 3.63) is 54.0 Å². The van der Waals surface area contributed by atoms with E-state index in [2.05, 4.69) is 24.4 Å². The predicted octanol–water partition coefficient (Wildman–Crippen LogP) is 3.32. The van der Waals surface area contributed by atoms with Gasteiger partial charge < -0.3 is 9.15 Å². The first-order chi connectivity index (χ1) is 10.7. The molecule has 1 aromatic carbocycles. The van der Waals surface area contributed by atoms with Gasteiger partial charge in [-0.1, -0.05) is 26.0 Å². The molecule has 2 rings (SSSR count). The fourth-order valence-electron chi connectivity index (χ4n) is 1.84. The van der Waals surface area contributed by atoms with E-state index in [4.69, 9.17) is 9.15 Å². The highest BCUT2D eigenvalue weighted by Gasteiger charge is 2.04. The Labute approximate surface area is 130 Å². The summed E-state index contributed by atoms with van der Waals surface area (Å²) in [5.74, 6) is 0.876. The topological polar surface area (TPSA) is 63.8 Å². The Morgan fingerprint density at radius 1 is 1.36 bits per heavy atom. The molecule has 1 unspecified atom stereocenters. The van der Waals surface area contributed by atoms with Crippen LogP contribution in [0.3, 0.4) is 0 Å². The number of benzene rings is 1. The highest BCUT2D eigenvalue weighted by Crippen LogP contribution is 2.21. The second-order valence-corrected chi connectivity index (χ2v) is 5.02. The number of carbonyl (C=O) groups excluding carboxylic acids is 1. The first-order valence-electron chi connectivity index (χ1n) is 7.26. The molecule has 22 heavy (non-hydrogen) atoms.